The van der Waals surface area contributed by atoms with Crippen LogP contribution in [0.2, 0.25) is 0 Å². The zero-order valence-corrected chi connectivity index (χ0v) is 18.0. The number of carbonyl (C=O) groups is 1. The summed E-state index contributed by atoms with van der Waals surface area (Å²) in [5.74, 6) is 0.693. The van der Waals surface area contributed by atoms with Crippen LogP contribution in [0.5, 0.6) is 5.75 Å². The lowest BCUT2D eigenvalue weighted by Crippen LogP contribution is -2.03. The number of nitrogens with one attached hydrogen (secondary N) is 1. The van der Waals surface area contributed by atoms with E-state index in [1.807, 2.05) is 48.5 Å². The second-order valence-corrected chi connectivity index (χ2v) is 8.26. The highest BCUT2D eigenvalue weighted by Gasteiger charge is 2.23. The van der Waals surface area contributed by atoms with Crippen LogP contribution in [0.1, 0.15) is 16.7 Å². The summed E-state index contributed by atoms with van der Waals surface area (Å²) in [6.07, 6.45) is 1.90. The fraction of sp³-hybridized carbons (Fsp3) is 0.0455. The summed E-state index contributed by atoms with van der Waals surface area (Å²) >= 11 is 5.86. The van der Waals surface area contributed by atoms with Gasteiger partial charge in [-0.3, -0.25) is 4.79 Å². The van der Waals surface area contributed by atoms with Crippen molar-refractivity contribution < 1.29 is 9.53 Å². The highest BCUT2D eigenvalue weighted by molar-refractivity contribution is 14.1. The zero-order chi connectivity index (χ0) is 18.8. The number of para-hydroxylation sites is 1. The van der Waals surface area contributed by atoms with E-state index in [1.54, 1.807) is 0 Å². The number of anilines is 1. The van der Waals surface area contributed by atoms with Gasteiger partial charge >= 0.3 is 0 Å². The smallest absolute Gasteiger partial charge is 0.256 e. The van der Waals surface area contributed by atoms with Crippen molar-refractivity contribution in [2.75, 3.05) is 5.32 Å². The Bertz CT molecular complexity index is 1040. The molecule has 1 heterocycles. The van der Waals surface area contributed by atoms with E-state index in [4.69, 9.17) is 4.74 Å². The lowest BCUT2D eigenvalue weighted by Gasteiger charge is -2.09. The van der Waals surface area contributed by atoms with E-state index in [9.17, 15) is 4.79 Å². The van der Waals surface area contributed by atoms with E-state index in [0.717, 1.165) is 32.6 Å². The van der Waals surface area contributed by atoms with Crippen molar-refractivity contribution in [2.24, 2.45) is 0 Å². The standard InChI is InChI=1S/C22H15BrINO2/c23-19-12-15(11-18-17-3-1-2-4-20(17)25-22(18)26)7-10-21(19)27-13-14-5-8-16(24)9-6-14/h1-12H,13H2,(H,25,26)/b18-11-. The highest BCUT2D eigenvalue weighted by atomic mass is 127. The Morgan fingerprint density at radius 2 is 1.81 bits per heavy atom. The van der Waals surface area contributed by atoms with Crippen molar-refractivity contribution in [2.45, 2.75) is 6.61 Å². The van der Waals surface area contributed by atoms with Gasteiger partial charge < -0.3 is 10.1 Å². The second-order valence-electron chi connectivity index (χ2n) is 6.16. The van der Waals surface area contributed by atoms with Gasteiger partial charge in [0, 0.05) is 20.4 Å². The first-order valence-electron chi connectivity index (χ1n) is 8.39. The third-order valence-electron chi connectivity index (χ3n) is 4.28. The minimum Gasteiger partial charge on any atom is -0.488 e. The predicted octanol–water partition coefficient (Wildman–Crippen LogP) is 6.13. The topological polar surface area (TPSA) is 38.3 Å². The maximum atomic E-state index is 12.3. The molecule has 0 saturated heterocycles. The van der Waals surface area contributed by atoms with Gasteiger partial charge in [0.15, 0.2) is 0 Å². The normalized spacial score (nSPS) is 14.1. The van der Waals surface area contributed by atoms with Crippen molar-refractivity contribution >= 4 is 61.8 Å². The summed E-state index contributed by atoms with van der Waals surface area (Å²) in [6.45, 7) is 0.506. The van der Waals surface area contributed by atoms with E-state index in [-0.39, 0.29) is 5.91 Å². The Labute approximate surface area is 179 Å². The van der Waals surface area contributed by atoms with Crippen LogP contribution in [-0.2, 0) is 11.4 Å². The number of halogens is 2. The molecule has 4 rings (SSSR count). The second kappa shape index (κ2) is 7.86. The molecule has 0 radical (unpaired) electrons. The molecule has 0 atom stereocenters. The molecule has 0 spiro atoms. The number of hydrogen-bond donors (Lipinski definition) is 1. The maximum absolute atomic E-state index is 12.3. The van der Waals surface area contributed by atoms with E-state index in [1.165, 1.54) is 3.57 Å². The Morgan fingerprint density at radius 1 is 1.04 bits per heavy atom. The van der Waals surface area contributed by atoms with Gasteiger partial charge in [0.25, 0.3) is 5.91 Å². The number of ether oxygens (including phenoxy) is 1. The summed E-state index contributed by atoms with van der Waals surface area (Å²) in [5, 5.41) is 2.89. The SMILES string of the molecule is O=C1Nc2ccccc2/C1=C/c1ccc(OCc2ccc(I)cc2)c(Br)c1. The average Bonchev–Trinajstić information content (AvgIpc) is 2.98. The lowest BCUT2D eigenvalue weighted by molar-refractivity contribution is -0.110. The van der Waals surface area contributed by atoms with Crippen LogP contribution in [0.3, 0.4) is 0 Å². The van der Waals surface area contributed by atoms with Crippen LogP contribution >= 0.6 is 38.5 Å². The Morgan fingerprint density at radius 3 is 2.59 bits per heavy atom. The van der Waals surface area contributed by atoms with Gasteiger partial charge in [-0.25, -0.2) is 0 Å². The lowest BCUT2D eigenvalue weighted by atomic mass is 10.0. The molecule has 0 aliphatic carbocycles. The van der Waals surface area contributed by atoms with E-state index in [2.05, 4.69) is 68.1 Å². The van der Waals surface area contributed by atoms with Crippen LogP contribution in [-0.4, -0.2) is 5.91 Å². The molecular weight excluding hydrogens is 517 g/mol. The number of rotatable bonds is 4. The number of benzene rings is 3. The van der Waals surface area contributed by atoms with E-state index in [0.29, 0.717) is 12.2 Å². The van der Waals surface area contributed by atoms with Gasteiger partial charge in [0.05, 0.1) is 4.47 Å². The van der Waals surface area contributed by atoms with Gasteiger partial charge in [0.2, 0.25) is 0 Å². The van der Waals surface area contributed by atoms with Gasteiger partial charge in [-0.05, 0) is 86.1 Å². The number of fused-ring (bicyclic) bond motifs is 1. The van der Waals surface area contributed by atoms with Crippen molar-refractivity contribution in [3.8, 4) is 5.75 Å². The van der Waals surface area contributed by atoms with E-state index >= 15 is 0 Å². The molecular formula is C22H15BrINO2. The van der Waals surface area contributed by atoms with Gasteiger partial charge in [-0.1, -0.05) is 36.4 Å². The van der Waals surface area contributed by atoms with E-state index < -0.39 is 0 Å². The summed E-state index contributed by atoms with van der Waals surface area (Å²) in [4.78, 5) is 12.3. The molecule has 27 heavy (non-hydrogen) atoms. The molecule has 0 aromatic heterocycles. The van der Waals surface area contributed by atoms with Crippen molar-refractivity contribution in [1.82, 2.24) is 0 Å². The average molecular weight is 532 g/mol. The molecule has 5 heteroatoms. The summed E-state index contributed by atoms with van der Waals surface area (Å²) in [5.41, 5.74) is 4.51. The van der Waals surface area contributed by atoms with Crippen molar-refractivity contribution in [1.29, 1.82) is 0 Å². The van der Waals surface area contributed by atoms with Crippen LogP contribution in [0.25, 0.3) is 11.6 Å². The largest absolute Gasteiger partial charge is 0.488 e. The number of hydrogen-bond acceptors (Lipinski definition) is 2. The fourth-order valence-electron chi connectivity index (χ4n) is 2.91. The van der Waals surface area contributed by atoms with Gasteiger partial charge in [0.1, 0.15) is 12.4 Å². The third-order valence-corrected chi connectivity index (χ3v) is 5.62. The van der Waals surface area contributed by atoms with Crippen LogP contribution < -0.4 is 10.1 Å². The zero-order valence-electron chi connectivity index (χ0n) is 14.2. The molecule has 0 saturated carbocycles. The molecule has 1 aliphatic rings. The van der Waals surface area contributed by atoms with Crippen LogP contribution in [0, 0.1) is 3.57 Å². The first-order chi connectivity index (χ1) is 13.1. The third kappa shape index (κ3) is 4.09. The highest BCUT2D eigenvalue weighted by Crippen LogP contribution is 2.34. The van der Waals surface area contributed by atoms with Gasteiger partial charge in [-0.15, -0.1) is 0 Å². The molecule has 3 aromatic rings. The fourth-order valence-corrected chi connectivity index (χ4v) is 3.79. The quantitative estimate of drug-likeness (QED) is 0.325. The summed E-state index contributed by atoms with van der Waals surface area (Å²) in [7, 11) is 0. The number of amides is 1. The van der Waals surface area contributed by atoms with Crippen molar-refractivity contribution in [3.05, 3.63) is 91.5 Å². The molecule has 3 aromatic carbocycles. The maximum Gasteiger partial charge on any atom is 0.256 e. The van der Waals surface area contributed by atoms with Crippen LogP contribution in [0.15, 0.2) is 71.2 Å². The molecule has 3 nitrogen and oxygen atoms in total. The summed E-state index contributed by atoms with van der Waals surface area (Å²) < 4.78 is 7.97. The first-order valence-corrected chi connectivity index (χ1v) is 10.3. The Kier molecular flexibility index (Phi) is 5.31. The molecule has 0 unspecified atom stereocenters. The van der Waals surface area contributed by atoms with Gasteiger partial charge in [-0.2, -0.15) is 0 Å². The molecule has 1 N–H and O–H groups in total. The molecule has 134 valence electrons. The van der Waals surface area contributed by atoms with Crippen LogP contribution in [0.4, 0.5) is 5.69 Å². The van der Waals surface area contributed by atoms with Crippen molar-refractivity contribution in [3.63, 3.8) is 0 Å². The Balaban J connectivity index is 1.53. The molecule has 0 fully saturated rings. The minimum absolute atomic E-state index is 0.0774. The first kappa shape index (κ1) is 18.3. The monoisotopic (exact) mass is 531 g/mol. The molecule has 0 bridgehead atoms. The molecule has 1 aliphatic heterocycles. The predicted molar refractivity (Wildman–Crippen MR) is 121 cm³/mol. The number of carbonyl (C=O) groups excluding carboxylic acids is 1. The summed E-state index contributed by atoms with van der Waals surface area (Å²) in [6, 6.07) is 21.8. The minimum atomic E-state index is -0.0774. The molecule has 1 amide bonds. The Hall–Kier alpha value is -2.12.